The third kappa shape index (κ3) is 2.29. The van der Waals surface area contributed by atoms with Crippen molar-refractivity contribution in [1.82, 2.24) is 29.8 Å². The molecular weight excluding hydrogens is 272 g/mol. The van der Waals surface area contributed by atoms with Gasteiger partial charge in [0.1, 0.15) is 18.7 Å². The van der Waals surface area contributed by atoms with Gasteiger partial charge in [-0.15, -0.1) is 5.10 Å². The molecule has 0 radical (unpaired) electrons. The topological polar surface area (TPSA) is 61.4 Å². The minimum absolute atomic E-state index is 0.265. The van der Waals surface area contributed by atoms with Crippen molar-refractivity contribution in [2.75, 3.05) is 0 Å². The van der Waals surface area contributed by atoms with Crippen molar-refractivity contribution >= 4 is 15.9 Å². The molecular formula is C9H13BrN6. The van der Waals surface area contributed by atoms with Crippen molar-refractivity contribution in [2.24, 2.45) is 7.05 Å². The zero-order valence-corrected chi connectivity index (χ0v) is 10.8. The van der Waals surface area contributed by atoms with E-state index < -0.39 is 0 Å². The second-order valence-corrected chi connectivity index (χ2v) is 4.62. The van der Waals surface area contributed by atoms with Gasteiger partial charge in [-0.1, -0.05) is 28.1 Å². The maximum atomic E-state index is 4.14. The molecule has 0 saturated carbocycles. The highest BCUT2D eigenvalue weighted by atomic mass is 79.9. The van der Waals surface area contributed by atoms with E-state index in [9.17, 15) is 0 Å². The molecule has 0 saturated heterocycles. The summed E-state index contributed by atoms with van der Waals surface area (Å²) < 4.78 is 3.50. The van der Waals surface area contributed by atoms with Crippen LogP contribution < -0.4 is 0 Å². The number of hydrogen-bond acceptors (Lipinski definition) is 4. The minimum Gasteiger partial charge on any atom is -0.251 e. The molecule has 0 fully saturated rings. The highest BCUT2D eigenvalue weighted by molar-refractivity contribution is 9.09. The first kappa shape index (κ1) is 11.3. The molecule has 2 aromatic rings. The first-order valence-corrected chi connectivity index (χ1v) is 5.99. The lowest BCUT2D eigenvalue weighted by atomic mass is 10.3. The van der Waals surface area contributed by atoms with Gasteiger partial charge in [-0.2, -0.15) is 5.10 Å². The van der Waals surface area contributed by atoms with E-state index in [1.807, 2.05) is 13.2 Å². The summed E-state index contributed by atoms with van der Waals surface area (Å²) in [5, 5.41) is 12.2. The van der Waals surface area contributed by atoms with E-state index in [2.05, 4.69) is 43.2 Å². The van der Waals surface area contributed by atoms with E-state index in [-0.39, 0.29) is 4.83 Å². The van der Waals surface area contributed by atoms with E-state index in [0.717, 1.165) is 17.9 Å². The first-order chi connectivity index (χ1) is 7.70. The fourth-order valence-electron chi connectivity index (χ4n) is 1.35. The highest BCUT2D eigenvalue weighted by Crippen LogP contribution is 2.23. The van der Waals surface area contributed by atoms with Gasteiger partial charge in [0.2, 0.25) is 0 Å². The van der Waals surface area contributed by atoms with E-state index in [4.69, 9.17) is 0 Å². The first-order valence-electron chi connectivity index (χ1n) is 5.07. The molecule has 1 unspecified atom stereocenters. The summed E-state index contributed by atoms with van der Waals surface area (Å²) in [5.41, 5.74) is 0.949. The monoisotopic (exact) mass is 284 g/mol. The molecule has 0 aliphatic carbocycles. The maximum Gasteiger partial charge on any atom is 0.148 e. The van der Waals surface area contributed by atoms with E-state index >= 15 is 0 Å². The predicted molar refractivity (Wildman–Crippen MR) is 62.1 cm³/mol. The number of halogens is 1. The Hall–Kier alpha value is -1.24. The SMILES string of the molecule is CCC(Br)c1cn(Cc2ncnn2C)nn1. The van der Waals surface area contributed by atoms with Gasteiger partial charge in [-0.3, -0.25) is 4.68 Å². The smallest absolute Gasteiger partial charge is 0.148 e. The lowest BCUT2D eigenvalue weighted by Crippen LogP contribution is -2.07. The third-order valence-corrected chi connectivity index (χ3v) is 3.46. The third-order valence-electron chi connectivity index (χ3n) is 2.34. The Balaban J connectivity index is 2.11. The Kier molecular flexibility index (Phi) is 3.33. The summed E-state index contributed by atoms with van der Waals surface area (Å²) in [6.45, 7) is 2.69. The second-order valence-electron chi connectivity index (χ2n) is 3.52. The zero-order chi connectivity index (χ0) is 11.5. The van der Waals surface area contributed by atoms with E-state index in [1.54, 1.807) is 9.36 Å². The molecule has 86 valence electrons. The summed E-state index contributed by atoms with van der Waals surface area (Å²) in [4.78, 5) is 4.40. The van der Waals surface area contributed by atoms with E-state index in [1.165, 1.54) is 6.33 Å². The van der Waals surface area contributed by atoms with Crippen LogP contribution in [0.15, 0.2) is 12.5 Å². The van der Waals surface area contributed by atoms with Crippen LogP contribution in [0.4, 0.5) is 0 Å². The Morgan fingerprint density at radius 1 is 1.50 bits per heavy atom. The van der Waals surface area contributed by atoms with Gasteiger partial charge in [0.25, 0.3) is 0 Å². The Morgan fingerprint density at radius 3 is 2.94 bits per heavy atom. The standard InChI is InChI=1S/C9H13BrN6/c1-3-7(10)8-4-16(14-13-8)5-9-11-6-12-15(9)2/h4,6-7H,3,5H2,1-2H3. The van der Waals surface area contributed by atoms with Crippen molar-refractivity contribution in [3.05, 3.63) is 24.0 Å². The van der Waals surface area contributed by atoms with Gasteiger partial charge in [0, 0.05) is 7.05 Å². The van der Waals surface area contributed by atoms with Crippen LogP contribution in [-0.4, -0.2) is 29.8 Å². The van der Waals surface area contributed by atoms with Crippen LogP contribution in [0.1, 0.15) is 29.7 Å². The van der Waals surface area contributed by atoms with Crippen LogP contribution in [-0.2, 0) is 13.6 Å². The molecule has 0 spiro atoms. The molecule has 0 aliphatic rings. The number of alkyl halides is 1. The summed E-state index contributed by atoms with van der Waals surface area (Å²) in [6.07, 6.45) is 4.45. The van der Waals surface area contributed by atoms with Gasteiger partial charge in [0.05, 0.1) is 16.7 Å². The maximum absolute atomic E-state index is 4.14. The molecule has 0 aromatic carbocycles. The van der Waals surface area contributed by atoms with Gasteiger partial charge in [0.15, 0.2) is 0 Å². The summed E-state index contributed by atoms with van der Waals surface area (Å²) in [6, 6.07) is 0. The van der Waals surface area contributed by atoms with Crippen LogP contribution in [0, 0.1) is 0 Å². The number of aromatic nitrogens is 6. The lowest BCUT2D eigenvalue weighted by molar-refractivity contribution is 0.589. The van der Waals surface area contributed by atoms with Gasteiger partial charge in [-0.25, -0.2) is 9.67 Å². The largest absolute Gasteiger partial charge is 0.251 e. The Bertz CT molecular complexity index is 462. The molecule has 1 atom stereocenters. The number of hydrogen-bond donors (Lipinski definition) is 0. The summed E-state index contributed by atoms with van der Waals surface area (Å²) >= 11 is 3.54. The lowest BCUT2D eigenvalue weighted by Gasteiger charge is -2.00. The summed E-state index contributed by atoms with van der Waals surface area (Å²) in [7, 11) is 1.86. The van der Waals surface area contributed by atoms with Crippen molar-refractivity contribution in [3.63, 3.8) is 0 Å². The van der Waals surface area contributed by atoms with Crippen molar-refractivity contribution < 1.29 is 0 Å². The number of aryl methyl sites for hydroxylation is 1. The molecule has 7 heteroatoms. The molecule has 16 heavy (non-hydrogen) atoms. The van der Waals surface area contributed by atoms with Gasteiger partial charge < -0.3 is 0 Å². The second kappa shape index (κ2) is 4.73. The van der Waals surface area contributed by atoms with Crippen LogP contribution in [0.25, 0.3) is 0 Å². The highest BCUT2D eigenvalue weighted by Gasteiger charge is 2.10. The molecule has 2 aromatic heterocycles. The zero-order valence-electron chi connectivity index (χ0n) is 9.21. The molecule has 2 heterocycles. The van der Waals surface area contributed by atoms with Crippen LogP contribution in [0.2, 0.25) is 0 Å². The fraction of sp³-hybridized carbons (Fsp3) is 0.556. The van der Waals surface area contributed by atoms with Crippen molar-refractivity contribution in [3.8, 4) is 0 Å². The predicted octanol–water partition coefficient (Wildman–Crippen LogP) is 1.30. The quantitative estimate of drug-likeness (QED) is 0.794. The van der Waals surface area contributed by atoms with Crippen molar-refractivity contribution in [1.29, 1.82) is 0 Å². The van der Waals surface area contributed by atoms with Crippen LogP contribution in [0.3, 0.4) is 0 Å². The normalized spacial score (nSPS) is 12.9. The molecule has 0 N–H and O–H groups in total. The Labute approximate surface area is 102 Å². The van der Waals surface area contributed by atoms with Crippen LogP contribution in [0.5, 0.6) is 0 Å². The molecule has 6 nitrogen and oxygen atoms in total. The molecule has 2 rings (SSSR count). The fourth-order valence-corrected chi connectivity index (χ4v) is 1.56. The average Bonchev–Trinajstić information content (AvgIpc) is 2.89. The van der Waals surface area contributed by atoms with Crippen molar-refractivity contribution in [2.45, 2.75) is 24.7 Å². The summed E-state index contributed by atoms with van der Waals surface area (Å²) in [5.74, 6) is 0.860. The number of nitrogens with zero attached hydrogens (tertiary/aromatic N) is 6. The molecule has 0 bridgehead atoms. The van der Waals surface area contributed by atoms with Gasteiger partial charge >= 0.3 is 0 Å². The van der Waals surface area contributed by atoms with E-state index in [0.29, 0.717) is 6.54 Å². The molecule has 0 aliphatic heterocycles. The molecule has 0 amide bonds. The number of rotatable bonds is 4. The average molecular weight is 285 g/mol. The van der Waals surface area contributed by atoms with Gasteiger partial charge in [-0.05, 0) is 6.42 Å². The minimum atomic E-state index is 0.265. The Morgan fingerprint density at radius 2 is 2.31 bits per heavy atom. The van der Waals surface area contributed by atoms with Crippen LogP contribution >= 0.6 is 15.9 Å².